The molecule has 1 N–H and O–H groups in total. The fraction of sp³-hybridized carbons (Fsp3) is 0.500. The van der Waals surface area contributed by atoms with Crippen LogP contribution in [0, 0.1) is 0 Å². The lowest BCUT2D eigenvalue weighted by molar-refractivity contribution is -0.138. The van der Waals surface area contributed by atoms with Crippen molar-refractivity contribution in [2.75, 3.05) is 11.9 Å². The van der Waals surface area contributed by atoms with Gasteiger partial charge in [-0.3, -0.25) is 4.79 Å². The highest BCUT2D eigenvalue weighted by Gasteiger charge is 2.03. The molecule has 25 heavy (non-hydrogen) atoms. The van der Waals surface area contributed by atoms with Crippen LogP contribution >= 0.6 is 15.9 Å². The van der Waals surface area contributed by atoms with Gasteiger partial charge in [-0.15, -0.1) is 0 Å². The maximum atomic E-state index is 11.8. The molecule has 0 saturated carbocycles. The quantitative estimate of drug-likeness (QED) is 0.276. The Kier molecular flexibility index (Phi) is 11.7. The maximum Gasteiger partial charge on any atom is 0.330 e. The summed E-state index contributed by atoms with van der Waals surface area (Å²) in [6.07, 6.45) is 11.9. The molecule has 0 spiro atoms. The van der Waals surface area contributed by atoms with Gasteiger partial charge in [-0.25, -0.2) is 4.79 Å². The Morgan fingerprint density at radius 1 is 1.00 bits per heavy atom. The van der Waals surface area contributed by atoms with Crippen LogP contribution in [0.15, 0.2) is 40.9 Å². The first-order chi connectivity index (χ1) is 12.1. The van der Waals surface area contributed by atoms with Crippen LogP contribution in [0.25, 0.3) is 0 Å². The number of amides is 1. The Morgan fingerprint density at radius 2 is 1.64 bits per heavy atom. The molecule has 0 bridgehead atoms. The summed E-state index contributed by atoms with van der Waals surface area (Å²) in [4.78, 5) is 23.3. The fourth-order valence-corrected chi connectivity index (χ4v) is 2.72. The number of ether oxygens (including phenoxy) is 1. The van der Waals surface area contributed by atoms with E-state index in [4.69, 9.17) is 4.74 Å². The maximum absolute atomic E-state index is 11.8. The number of carbonyl (C=O) groups is 2. The first kappa shape index (κ1) is 21.4. The van der Waals surface area contributed by atoms with E-state index in [9.17, 15) is 9.59 Å². The van der Waals surface area contributed by atoms with Gasteiger partial charge < -0.3 is 10.1 Å². The van der Waals surface area contributed by atoms with Gasteiger partial charge in [0.15, 0.2) is 0 Å². The average molecular weight is 410 g/mol. The molecule has 1 aromatic carbocycles. The smallest absolute Gasteiger partial charge is 0.330 e. The predicted octanol–water partition coefficient (Wildman–Crippen LogP) is 5.63. The fourth-order valence-electron chi connectivity index (χ4n) is 2.34. The van der Waals surface area contributed by atoms with Gasteiger partial charge in [-0.1, -0.05) is 64.0 Å². The van der Waals surface area contributed by atoms with E-state index in [1.807, 2.05) is 18.2 Å². The summed E-state index contributed by atoms with van der Waals surface area (Å²) in [6, 6.07) is 7.29. The van der Waals surface area contributed by atoms with Gasteiger partial charge in [0.1, 0.15) is 0 Å². The Hall–Kier alpha value is -1.62. The van der Waals surface area contributed by atoms with Crippen LogP contribution in [-0.4, -0.2) is 18.5 Å². The summed E-state index contributed by atoms with van der Waals surface area (Å²) >= 11 is 3.35. The minimum Gasteiger partial charge on any atom is -0.463 e. The van der Waals surface area contributed by atoms with E-state index in [0.717, 1.165) is 23.4 Å². The zero-order valence-electron chi connectivity index (χ0n) is 14.9. The normalized spacial score (nSPS) is 10.8. The number of para-hydroxylation sites is 1. The second-order valence-electron chi connectivity index (χ2n) is 5.94. The lowest BCUT2D eigenvalue weighted by Gasteiger charge is -2.04. The highest BCUT2D eigenvalue weighted by atomic mass is 79.9. The van der Waals surface area contributed by atoms with Gasteiger partial charge in [-0.2, -0.15) is 0 Å². The number of hydrogen-bond donors (Lipinski definition) is 1. The van der Waals surface area contributed by atoms with E-state index in [1.54, 1.807) is 6.07 Å². The molecule has 0 radical (unpaired) electrons. The van der Waals surface area contributed by atoms with Crippen LogP contribution in [0.4, 0.5) is 5.69 Å². The Bertz CT molecular complexity index is 558. The molecule has 1 amide bonds. The minimum absolute atomic E-state index is 0.365. The molecule has 0 atom stereocenters. The highest BCUT2D eigenvalue weighted by molar-refractivity contribution is 9.10. The number of nitrogens with one attached hydrogen (secondary N) is 1. The first-order valence-electron chi connectivity index (χ1n) is 9.04. The molecule has 0 heterocycles. The monoisotopic (exact) mass is 409 g/mol. The molecule has 0 saturated heterocycles. The summed E-state index contributed by atoms with van der Waals surface area (Å²) in [7, 11) is 0. The Balaban J connectivity index is 2.10. The minimum atomic E-state index is -0.481. The van der Waals surface area contributed by atoms with E-state index in [2.05, 4.69) is 28.2 Å². The Morgan fingerprint density at radius 3 is 2.32 bits per heavy atom. The molecule has 1 aromatic rings. The van der Waals surface area contributed by atoms with E-state index < -0.39 is 5.97 Å². The molecule has 0 aliphatic heterocycles. The van der Waals surface area contributed by atoms with Crippen molar-refractivity contribution in [3.63, 3.8) is 0 Å². The largest absolute Gasteiger partial charge is 0.463 e. The average Bonchev–Trinajstić information content (AvgIpc) is 2.60. The van der Waals surface area contributed by atoms with Crippen molar-refractivity contribution in [3.8, 4) is 0 Å². The molecule has 5 heteroatoms. The van der Waals surface area contributed by atoms with Crippen LogP contribution in [0.3, 0.4) is 0 Å². The van der Waals surface area contributed by atoms with Gasteiger partial charge >= 0.3 is 5.97 Å². The molecular weight excluding hydrogens is 382 g/mol. The SMILES string of the molecule is CCCCCCCCCCOC(=O)/C=C/C(=O)Nc1ccccc1Br. The van der Waals surface area contributed by atoms with E-state index in [1.165, 1.54) is 44.6 Å². The second-order valence-corrected chi connectivity index (χ2v) is 6.80. The van der Waals surface area contributed by atoms with Crippen LogP contribution in [0.1, 0.15) is 58.3 Å². The van der Waals surface area contributed by atoms with E-state index in [-0.39, 0.29) is 5.91 Å². The zero-order chi connectivity index (χ0) is 18.3. The number of carbonyl (C=O) groups excluding carboxylic acids is 2. The molecule has 0 aliphatic carbocycles. The number of esters is 1. The molecule has 4 nitrogen and oxygen atoms in total. The van der Waals surface area contributed by atoms with E-state index >= 15 is 0 Å². The molecule has 0 fully saturated rings. The number of halogens is 1. The van der Waals surface area contributed by atoms with Crippen molar-refractivity contribution in [2.24, 2.45) is 0 Å². The molecule has 0 aliphatic rings. The number of unbranched alkanes of at least 4 members (excludes halogenated alkanes) is 7. The highest BCUT2D eigenvalue weighted by Crippen LogP contribution is 2.20. The molecular formula is C20H28BrNO3. The molecule has 1 rings (SSSR count). The summed E-state index contributed by atoms with van der Waals surface area (Å²) in [5.74, 6) is -0.846. The van der Waals surface area contributed by atoms with Crippen LogP contribution in [-0.2, 0) is 14.3 Å². The predicted molar refractivity (Wildman–Crippen MR) is 105 cm³/mol. The topological polar surface area (TPSA) is 55.4 Å². The van der Waals surface area contributed by atoms with Crippen molar-refractivity contribution >= 4 is 33.5 Å². The number of anilines is 1. The third-order valence-electron chi connectivity index (χ3n) is 3.74. The molecule has 0 unspecified atom stereocenters. The van der Waals surface area contributed by atoms with Crippen molar-refractivity contribution in [2.45, 2.75) is 58.3 Å². The van der Waals surface area contributed by atoms with Crippen molar-refractivity contribution in [1.82, 2.24) is 0 Å². The van der Waals surface area contributed by atoms with Crippen molar-refractivity contribution < 1.29 is 14.3 Å². The van der Waals surface area contributed by atoms with E-state index in [0.29, 0.717) is 12.3 Å². The lowest BCUT2D eigenvalue weighted by atomic mass is 10.1. The second kappa shape index (κ2) is 13.6. The first-order valence-corrected chi connectivity index (χ1v) is 9.83. The third-order valence-corrected chi connectivity index (χ3v) is 4.44. The van der Waals surface area contributed by atoms with Gasteiger partial charge in [0, 0.05) is 16.6 Å². The lowest BCUT2D eigenvalue weighted by Crippen LogP contribution is -2.10. The summed E-state index contributed by atoms with van der Waals surface area (Å²) in [5, 5.41) is 2.69. The molecule has 0 aromatic heterocycles. The van der Waals surface area contributed by atoms with Crippen LogP contribution in [0.5, 0.6) is 0 Å². The summed E-state index contributed by atoms with van der Waals surface area (Å²) in [5.41, 5.74) is 0.657. The van der Waals surface area contributed by atoms with Crippen molar-refractivity contribution in [3.05, 3.63) is 40.9 Å². The van der Waals surface area contributed by atoms with Gasteiger partial charge in [0.2, 0.25) is 5.91 Å². The zero-order valence-corrected chi connectivity index (χ0v) is 16.5. The number of rotatable bonds is 12. The third kappa shape index (κ3) is 10.8. The van der Waals surface area contributed by atoms with Crippen molar-refractivity contribution in [1.29, 1.82) is 0 Å². The Labute approximate surface area is 159 Å². The number of hydrogen-bond acceptors (Lipinski definition) is 3. The van der Waals surface area contributed by atoms with Crippen LogP contribution < -0.4 is 5.32 Å². The standard InChI is InChI=1S/C20H28BrNO3/c1-2-3-4-5-6-7-8-11-16-25-20(24)15-14-19(23)22-18-13-10-9-12-17(18)21/h9-10,12-15H,2-8,11,16H2,1H3,(H,22,23)/b15-14+. The summed E-state index contributed by atoms with van der Waals surface area (Å²) < 4.78 is 5.88. The summed E-state index contributed by atoms with van der Waals surface area (Å²) in [6.45, 7) is 2.62. The van der Waals surface area contributed by atoms with Crippen LogP contribution in [0.2, 0.25) is 0 Å². The van der Waals surface area contributed by atoms with Gasteiger partial charge in [-0.05, 0) is 34.5 Å². The molecule has 138 valence electrons. The van der Waals surface area contributed by atoms with Gasteiger partial charge in [0.25, 0.3) is 0 Å². The van der Waals surface area contributed by atoms with Gasteiger partial charge in [0.05, 0.1) is 12.3 Å². The number of benzene rings is 1.